The molecule has 0 aromatic heterocycles. The van der Waals surface area contributed by atoms with Crippen LogP contribution < -0.4 is 14.2 Å². The number of rotatable bonds is 7. The lowest BCUT2D eigenvalue weighted by molar-refractivity contribution is 0.112. The van der Waals surface area contributed by atoms with E-state index in [0.717, 1.165) is 6.29 Å². The molecule has 0 atom stereocenters. The summed E-state index contributed by atoms with van der Waals surface area (Å²) in [6, 6.07) is 14.4. The van der Waals surface area contributed by atoms with E-state index in [1.807, 2.05) is 24.3 Å². The minimum absolute atomic E-state index is 0.413. The van der Waals surface area contributed by atoms with Crippen LogP contribution in [-0.4, -0.2) is 26.6 Å². The maximum Gasteiger partial charge on any atom is 0.161 e. The number of carbonyl (C=O) groups is 1. The summed E-state index contributed by atoms with van der Waals surface area (Å²) in [7, 11) is 1.60. The fourth-order valence-electron chi connectivity index (χ4n) is 1.69. The number of hydrogen-bond donors (Lipinski definition) is 0. The van der Waals surface area contributed by atoms with E-state index in [1.54, 1.807) is 31.4 Å². The van der Waals surface area contributed by atoms with E-state index >= 15 is 0 Å². The van der Waals surface area contributed by atoms with Crippen molar-refractivity contribution in [3.8, 4) is 17.2 Å². The first kappa shape index (κ1) is 13.9. The zero-order valence-electron chi connectivity index (χ0n) is 11.2. The van der Waals surface area contributed by atoms with Crippen LogP contribution >= 0.6 is 0 Å². The highest BCUT2D eigenvalue weighted by Crippen LogP contribution is 2.25. The maximum absolute atomic E-state index is 10.5. The molecule has 0 saturated heterocycles. The number of benzene rings is 2. The second-order valence-electron chi connectivity index (χ2n) is 4.03. The van der Waals surface area contributed by atoms with E-state index < -0.39 is 0 Å². The van der Waals surface area contributed by atoms with Crippen LogP contribution in [0.25, 0.3) is 0 Å². The molecule has 0 aliphatic heterocycles. The van der Waals surface area contributed by atoms with Crippen molar-refractivity contribution in [2.75, 3.05) is 20.3 Å². The van der Waals surface area contributed by atoms with Crippen LogP contribution in [0.4, 0.5) is 0 Å². The van der Waals surface area contributed by atoms with E-state index in [2.05, 4.69) is 0 Å². The molecule has 4 heteroatoms. The smallest absolute Gasteiger partial charge is 0.161 e. The highest BCUT2D eigenvalue weighted by Gasteiger charge is 2.02. The summed E-state index contributed by atoms with van der Waals surface area (Å²) in [5, 5.41) is 0. The van der Waals surface area contributed by atoms with Crippen molar-refractivity contribution in [2.24, 2.45) is 0 Å². The summed E-state index contributed by atoms with van der Waals surface area (Å²) in [5.74, 6) is 2.09. The first-order valence-corrected chi connectivity index (χ1v) is 6.27. The van der Waals surface area contributed by atoms with E-state index in [-0.39, 0.29) is 0 Å². The number of hydrogen-bond acceptors (Lipinski definition) is 4. The Morgan fingerprint density at radius 3 is 2.20 bits per heavy atom. The average Bonchev–Trinajstić information content (AvgIpc) is 2.52. The lowest BCUT2D eigenvalue weighted by atomic mass is 10.2. The molecule has 104 valence electrons. The summed E-state index contributed by atoms with van der Waals surface area (Å²) >= 11 is 0. The molecule has 4 nitrogen and oxygen atoms in total. The van der Waals surface area contributed by atoms with Crippen LogP contribution in [0, 0.1) is 0 Å². The van der Waals surface area contributed by atoms with Crippen LogP contribution in [0.1, 0.15) is 10.4 Å². The summed E-state index contributed by atoms with van der Waals surface area (Å²) in [4.78, 5) is 10.5. The van der Waals surface area contributed by atoms with E-state index in [1.165, 1.54) is 0 Å². The number of carbonyl (C=O) groups excluding carboxylic acids is 1. The molecular formula is C16H16O4. The fraction of sp³-hybridized carbons (Fsp3) is 0.188. The molecule has 0 radical (unpaired) electrons. The third kappa shape index (κ3) is 3.75. The van der Waals surface area contributed by atoms with Crippen LogP contribution in [0.2, 0.25) is 0 Å². The molecule has 0 fully saturated rings. The van der Waals surface area contributed by atoms with Gasteiger partial charge in [0.15, 0.2) is 11.5 Å². The van der Waals surface area contributed by atoms with Crippen molar-refractivity contribution in [1.82, 2.24) is 0 Å². The quantitative estimate of drug-likeness (QED) is 0.574. The molecule has 0 amide bonds. The molecule has 20 heavy (non-hydrogen) atoms. The third-order valence-electron chi connectivity index (χ3n) is 2.69. The van der Waals surface area contributed by atoms with Crippen LogP contribution in [-0.2, 0) is 0 Å². The van der Waals surface area contributed by atoms with Crippen molar-refractivity contribution in [1.29, 1.82) is 0 Å². The van der Waals surface area contributed by atoms with Gasteiger partial charge in [-0.3, -0.25) is 4.79 Å². The van der Waals surface area contributed by atoms with Crippen molar-refractivity contribution in [3.05, 3.63) is 54.1 Å². The molecule has 0 bridgehead atoms. The molecule has 0 aliphatic rings. The molecular weight excluding hydrogens is 256 g/mol. The van der Waals surface area contributed by atoms with Gasteiger partial charge in [0, 0.05) is 5.56 Å². The van der Waals surface area contributed by atoms with E-state index in [0.29, 0.717) is 36.0 Å². The summed E-state index contributed by atoms with van der Waals surface area (Å²) in [5.41, 5.74) is 0.627. The molecule has 0 N–H and O–H groups in total. The zero-order chi connectivity index (χ0) is 14.2. The van der Waals surface area contributed by atoms with Gasteiger partial charge in [0.1, 0.15) is 25.2 Å². The van der Waals surface area contributed by atoms with Crippen molar-refractivity contribution >= 4 is 6.29 Å². The van der Waals surface area contributed by atoms with Gasteiger partial charge in [0.05, 0.1) is 7.11 Å². The van der Waals surface area contributed by atoms with Crippen molar-refractivity contribution < 1.29 is 19.0 Å². The highest BCUT2D eigenvalue weighted by molar-refractivity contribution is 5.74. The lowest BCUT2D eigenvalue weighted by Gasteiger charge is -2.11. The Morgan fingerprint density at radius 1 is 0.900 bits per heavy atom. The predicted octanol–water partition coefficient (Wildman–Crippen LogP) is 2.97. The minimum Gasteiger partial charge on any atom is -0.493 e. The Bertz CT molecular complexity index is 549. The van der Waals surface area contributed by atoms with Crippen LogP contribution in [0.15, 0.2) is 48.5 Å². The average molecular weight is 272 g/mol. The predicted molar refractivity (Wildman–Crippen MR) is 75.8 cm³/mol. The van der Waals surface area contributed by atoms with Gasteiger partial charge in [-0.15, -0.1) is 0 Å². The Morgan fingerprint density at radius 2 is 1.55 bits per heavy atom. The van der Waals surface area contributed by atoms with E-state index in [4.69, 9.17) is 14.2 Å². The monoisotopic (exact) mass is 272 g/mol. The number of para-hydroxylation sites is 2. The van der Waals surface area contributed by atoms with Gasteiger partial charge >= 0.3 is 0 Å². The topological polar surface area (TPSA) is 44.8 Å². The highest BCUT2D eigenvalue weighted by atomic mass is 16.5. The Balaban J connectivity index is 1.79. The second-order valence-corrected chi connectivity index (χ2v) is 4.03. The summed E-state index contributed by atoms with van der Waals surface area (Å²) in [6.45, 7) is 0.828. The molecule has 0 saturated carbocycles. The van der Waals surface area contributed by atoms with Gasteiger partial charge in [0.25, 0.3) is 0 Å². The fourth-order valence-corrected chi connectivity index (χ4v) is 1.69. The molecule has 0 unspecified atom stereocenters. The van der Waals surface area contributed by atoms with Crippen molar-refractivity contribution in [3.63, 3.8) is 0 Å². The molecule has 2 rings (SSSR count). The van der Waals surface area contributed by atoms with Gasteiger partial charge in [-0.05, 0) is 36.4 Å². The standard InChI is InChI=1S/C16H16O4/c1-18-15-4-2-3-5-16(15)20-11-10-19-14-8-6-13(12-17)7-9-14/h2-9,12H,10-11H2,1H3. The Labute approximate surface area is 117 Å². The normalized spacial score (nSPS) is 9.85. The minimum atomic E-state index is 0.413. The third-order valence-corrected chi connectivity index (χ3v) is 2.69. The molecule has 2 aromatic carbocycles. The lowest BCUT2D eigenvalue weighted by Crippen LogP contribution is -2.09. The van der Waals surface area contributed by atoms with E-state index in [9.17, 15) is 4.79 Å². The van der Waals surface area contributed by atoms with Gasteiger partial charge < -0.3 is 14.2 Å². The zero-order valence-corrected chi connectivity index (χ0v) is 11.2. The van der Waals surface area contributed by atoms with Crippen LogP contribution in [0.3, 0.4) is 0 Å². The Kier molecular flexibility index (Phi) is 5.00. The molecule has 0 spiro atoms. The second kappa shape index (κ2) is 7.19. The number of methoxy groups -OCH3 is 1. The molecule has 2 aromatic rings. The van der Waals surface area contributed by atoms with Gasteiger partial charge in [-0.25, -0.2) is 0 Å². The van der Waals surface area contributed by atoms with Gasteiger partial charge in [0.2, 0.25) is 0 Å². The Hall–Kier alpha value is -2.49. The largest absolute Gasteiger partial charge is 0.493 e. The number of aldehydes is 1. The first-order valence-electron chi connectivity index (χ1n) is 6.27. The summed E-state index contributed by atoms with van der Waals surface area (Å²) < 4.78 is 16.3. The molecule has 0 aliphatic carbocycles. The van der Waals surface area contributed by atoms with Crippen LogP contribution in [0.5, 0.6) is 17.2 Å². The summed E-state index contributed by atoms with van der Waals surface area (Å²) in [6.07, 6.45) is 0.800. The van der Waals surface area contributed by atoms with Gasteiger partial charge in [-0.1, -0.05) is 12.1 Å². The maximum atomic E-state index is 10.5. The molecule has 0 heterocycles. The SMILES string of the molecule is COc1ccccc1OCCOc1ccc(C=O)cc1. The van der Waals surface area contributed by atoms with Gasteiger partial charge in [-0.2, -0.15) is 0 Å². The number of ether oxygens (including phenoxy) is 3. The first-order chi connectivity index (χ1) is 9.83. The van der Waals surface area contributed by atoms with Crippen molar-refractivity contribution in [2.45, 2.75) is 0 Å².